The quantitative estimate of drug-likeness (QED) is 0.733. The molecule has 1 atom stereocenters. The Morgan fingerprint density at radius 2 is 2.08 bits per heavy atom. The molecular weight excluding hydrogens is 326 g/mol. The monoisotopic (exact) mass is 353 g/mol. The first-order valence-corrected chi connectivity index (χ1v) is 9.12. The van der Waals surface area contributed by atoms with Crippen molar-refractivity contribution >= 4 is 0 Å². The summed E-state index contributed by atoms with van der Waals surface area (Å²) in [4.78, 5) is 11.1. The minimum atomic E-state index is 0.127. The minimum Gasteiger partial charge on any atom is -0.424 e. The van der Waals surface area contributed by atoms with E-state index in [0.29, 0.717) is 6.01 Å². The van der Waals surface area contributed by atoms with Crippen LogP contribution in [0.25, 0.3) is 0 Å². The third kappa shape index (κ3) is 4.68. The van der Waals surface area contributed by atoms with Gasteiger partial charge in [0.1, 0.15) is 5.75 Å². The van der Waals surface area contributed by atoms with Crippen LogP contribution in [-0.2, 0) is 11.3 Å². The van der Waals surface area contributed by atoms with Crippen molar-refractivity contribution < 1.29 is 9.47 Å². The van der Waals surface area contributed by atoms with Gasteiger partial charge in [-0.3, -0.25) is 4.90 Å². The molecule has 0 spiro atoms. The van der Waals surface area contributed by atoms with E-state index in [-0.39, 0.29) is 6.10 Å². The maximum absolute atomic E-state index is 5.81. The van der Waals surface area contributed by atoms with Crippen LogP contribution in [0, 0.1) is 13.8 Å². The van der Waals surface area contributed by atoms with E-state index in [1.165, 1.54) is 5.56 Å². The van der Waals surface area contributed by atoms with E-state index in [2.05, 4.69) is 41.4 Å². The van der Waals surface area contributed by atoms with Gasteiger partial charge in [0.25, 0.3) is 0 Å². The van der Waals surface area contributed by atoms with Crippen LogP contribution in [0.3, 0.4) is 0 Å². The number of ether oxygens (including phenoxy) is 2. The summed E-state index contributed by atoms with van der Waals surface area (Å²) in [5.74, 6) is 0.789. The molecule has 0 radical (unpaired) electrons. The normalized spacial score (nSPS) is 17.9. The molecule has 3 rings (SSSR count). The van der Waals surface area contributed by atoms with Crippen molar-refractivity contribution in [3.63, 3.8) is 0 Å². The smallest absolute Gasteiger partial charge is 0.321 e. The summed E-state index contributed by atoms with van der Waals surface area (Å²) in [7, 11) is 0. The summed E-state index contributed by atoms with van der Waals surface area (Å²) in [6.45, 7) is 13.6. The first kappa shape index (κ1) is 18.5. The van der Waals surface area contributed by atoms with Crippen molar-refractivity contribution in [3.05, 3.63) is 59.4 Å². The predicted octanol–water partition coefficient (Wildman–Crippen LogP) is 4.05. The SMILES string of the molecule is C=C(CC)[C@@H]1CN(Cc2cnc(Oc3ccc(C)cc3C)nc2)CCO1. The Balaban J connectivity index is 1.60. The highest BCUT2D eigenvalue weighted by molar-refractivity contribution is 5.37. The highest BCUT2D eigenvalue weighted by atomic mass is 16.5. The second-order valence-electron chi connectivity index (χ2n) is 6.85. The molecule has 1 aliphatic heterocycles. The molecule has 5 heteroatoms. The summed E-state index contributed by atoms with van der Waals surface area (Å²) < 4.78 is 11.6. The number of morpholine rings is 1. The van der Waals surface area contributed by atoms with Gasteiger partial charge < -0.3 is 9.47 Å². The van der Waals surface area contributed by atoms with E-state index in [1.807, 2.05) is 31.5 Å². The number of rotatable bonds is 6. The van der Waals surface area contributed by atoms with Crippen LogP contribution in [0.2, 0.25) is 0 Å². The van der Waals surface area contributed by atoms with Crippen molar-refractivity contribution in [2.45, 2.75) is 39.8 Å². The molecule has 0 bridgehead atoms. The van der Waals surface area contributed by atoms with Gasteiger partial charge in [0.05, 0.1) is 12.7 Å². The topological polar surface area (TPSA) is 47.5 Å². The molecule has 0 aliphatic carbocycles. The third-order valence-corrected chi connectivity index (χ3v) is 4.68. The zero-order valence-electron chi connectivity index (χ0n) is 15.9. The molecule has 0 N–H and O–H groups in total. The van der Waals surface area contributed by atoms with Crippen LogP contribution in [0.15, 0.2) is 42.7 Å². The number of benzene rings is 1. The second-order valence-corrected chi connectivity index (χ2v) is 6.85. The Morgan fingerprint density at radius 3 is 2.77 bits per heavy atom. The molecule has 2 aromatic rings. The number of hydrogen-bond acceptors (Lipinski definition) is 5. The fourth-order valence-electron chi connectivity index (χ4n) is 3.07. The van der Waals surface area contributed by atoms with Gasteiger partial charge in [0.2, 0.25) is 0 Å². The minimum absolute atomic E-state index is 0.127. The molecule has 138 valence electrons. The summed E-state index contributed by atoms with van der Waals surface area (Å²) in [6.07, 6.45) is 4.75. The van der Waals surface area contributed by atoms with Crippen LogP contribution in [-0.4, -0.2) is 40.7 Å². The molecule has 1 aromatic heterocycles. The summed E-state index contributed by atoms with van der Waals surface area (Å²) in [5, 5.41) is 0. The number of nitrogens with zero attached hydrogens (tertiary/aromatic N) is 3. The van der Waals surface area contributed by atoms with Gasteiger partial charge in [0, 0.05) is 37.6 Å². The summed E-state index contributed by atoms with van der Waals surface area (Å²) >= 11 is 0. The van der Waals surface area contributed by atoms with Crippen molar-refractivity contribution in [1.29, 1.82) is 0 Å². The first-order chi connectivity index (χ1) is 12.5. The molecule has 2 heterocycles. The van der Waals surface area contributed by atoms with E-state index < -0.39 is 0 Å². The maximum Gasteiger partial charge on any atom is 0.321 e. The highest BCUT2D eigenvalue weighted by Crippen LogP contribution is 2.23. The molecule has 26 heavy (non-hydrogen) atoms. The fraction of sp³-hybridized carbons (Fsp3) is 0.429. The molecule has 1 aromatic carbocycles. The van der Waals surface area contributed by atoms with Crippen LogP contribution in [0.4, 0.5) is 0 Å². The highest BCUT2D eigenvalue weighted by Gasteiger charge is 2.22. The Bertz CT molecular complexity index is 758. The van der Waals surface area contributed by atoms with Crippen LogP contribution in [0.5, 0.6) is 11.8 Å². The van der Waals surface area contributed by atoms with Gasteiger partial charge in [-0.15, -0.1) is 0 Å². The van der Waals surface area contributed by atoms with Gasteiger partial charge in [0.15, 0.2) is 0 Å². The summed E-state index contributed by atoms with van der Waals surface area (Å²) in [6, 6.07) is 6.44. The molecule has 1 aliphatic rings. The molecule has 1 fully saturated rings. The lowest BCUT2D eigenvalue weighted by molar-refractivity contribution is -0.0133. The zero-order valence-corrected chi connectivity index (χ0v) is 15.9. The van der Waals surface area contributed by atoms with E-state index in [1.54, 1.807) is 0 Å². The molecule has 0 unspecified atom stereocenters. The second kappa shape index (κ2) is 8.43. The third-order valence-electron chi connectivity index (χ3n) is 4.68. The van der Waals surface area contributed by atoms with Crippen molar-refractivity contribution in [3.8, 4) is 11.8 Å². The lowest BCUT2D eigenvalue weighted by Crippen LogP contribution is -2.42. The van der Waals surface area contributed by atoms with Gasteiger partial charge in [-0.1, -0.05) is 31.2 Å². The lowest BCUT2D eigenvalue weighted by atomic mass is 10.1. The van der Waals surface area contributed by atoms with E-state index in [0.717, 1.165) is 55.1 Å². The van der Waals surface area contributed by atoms with Crippen LogP contribution in [0.1, 0.15) is 30.0 Å². The van der Waals surface area contributed by atoms with Gasteiger partial charge in [-0.05, 0) is 37.5 Å². The number of hydrogen-bond donors (Lipinski definition) is 0. The maximum atomic E-state index is 5.81. The van der Waals surface area contributed by atoms with Crippen molar-refractivity contribution in [2.24, 2.45) is 0 Å². The fourth-order valence-corrected chi connectivity index (χ4v) is 3.07. The zero-order chi connectivity index (χ0) is 18.5. The number of aryl methyl sites for hydroxylation is 2. The molecule has 0 amide bonds. The average molecular weight is 353 g/mol. The summed E-state index contributed by atoms with van der Waals surface area (Å²) in [5.41, 5.74) is 4.51. The largest absolute Gasteiger partial charge is 0.424 e. The first-order valence-electron chi connectivity index (χ1n) is 9.12. The number of aromatic nitrogens is 2. The van der Waals surface area contributed by atoms with Crippen LogP contribution < -0.4 is 4.74 Å². The van der Waals surface area contributed by atoms with Gasteiger partial charge >= 0.3 is 6.01 Å². The van der Waals surface area contributed by atoms with Crippen LogP contribution >= 0.6 is 0 Å². The van der Waals surface area contributed by atoms with E-state index in [4.69, 9.17) is 9.47 Å². The molecule has 0 saturated carbocycles. The van der Waals surface area contributed by atoms with Crippen molar-refractivity contribution in [1.82, 2.24) is 14.9 Å². The lowest BCUT2D eigenvalue weighted by Gasteiger charge is -2.33. The molecule has 1 saturated heterocycles. The van der Waals surface area contributed by atoms with E-state index >= 15 is 0 Å². The Hall–Kier alpha value is -2.24. The van der Waals surface area contributed by atoms with E-state index in [9.17, 15) is 0 Å². The Labute approximate surface area is 155 Å². The standard InChI is InChI=1S/C21H27N3O2/c1-5-16(3)20-14-24(8-9-25-20)13-18-11-22-21(23-12-18)26-19-7-6-15(2)10-17(19)4/h6-7,10-12,20H,3,5,8-9,13-14H2,1-2,4H3/t20-/m0/s1. The Kier molecular flexibility index (Phi) is 6.01. The average Bonchev–Trinajstić information content (AvgIpc) is 2.65. The predicted molar refractivity (Wildman–Crippen MR) is 102 cm³/mol. The Morgan fingerprint density at radius 1 is 1.31 bits per heavy atom. The van der Waals surface area contributed by atoms with Gasteiger partial charge in [-0.25, -0.2) is 9.97 Å². The van der Waals surface area contributed by atoms with Crippen molar-refractivity contribution in [2.75, 3.05) is 19.7 Å². The molecule has 5 nitrogen and oxygen atoms in total. The van der Waals surface area contributed by atoms with Gasteiger partial charge in [-0.2, -0.15) is 0 Å². The molecular formula is C21H27N3O2.